The predicted molar refractivity (Wildman–Crippen MR) is 70.7 cm³/mol. The molecule has 0 saturated carbocycles. The first-order valence-electron chi connectivity index (χ1n) is 6.05. The third kappa shape index (κ3) is 3.81. The molecule has 0 unspecified atom stereocenters. The number of rotatable bonds is 5. The molecule has 0 radical (unpaired) electrons. The molecule has 0 aliphatic rings. The Morgan fingerprint density at radius 2 is 2.06 bits per heavy atom. The summed E-state index contributed by atoms with van der Waals surface area (Å²) in [6, 6.07) is 5.03. The van der Waals surface area contributed by atoms with E-state index in [-0.39, 0.29) is 11.7 Å². The lowest BCUT2D eigenvalue weighted by Gasteiger charge is -2.23. The van der Waals surface area contributed by atoms with Crippen LogP contribution in [0.5, 0.6) is 0 Å². The van der Waals surface area contributed by atoms with Gasteiger partial charge in [0, 0.05) is 25.7 Å². The summed E-state index contributed by atoms with van der Waals surface area (Å²) < 4.78 is 13.5. The van der Waals surface area contributed by atoms with Crippen molar-refractivity contribution in [1.29, 1.82) is 0 Å². The zero-order valence-electron chi connectivity index (χ0n) is 11.4. The van der Waals surface area contributed by atoms with Crippen LogP contribution in [0.3, 0.4) is 0 Å². The number of halogens is 1. The highest BCUT2D eigenvalue weighted by Gasteiger charge is 2.25. The highest BCUT2D eigenvalue weighted by atomic mass is 19.1. The summed E-state index contributed by atoms with van der Waals surface area (Å²) in [5.41, 5.74) is 1.15. The fourth-order valence-electron chi connectivity index (χ4n) is 1.77. The van der Waals surface area contributed by atoms with Crippen LogP contribution in [0.25, 0.3) is 0 Å². The number of aryl methyl sites for hydroxylation is 1. The van der Waals surface area contributed by atoms with Crippen molar-refractivity contribution in [2.45, 2.75) is 27.3 Å². The molecule has 100 valence electrons. The Labute approximate surface area is 108 Å². The van der Waals surface area contributed by atoms with E-state index in [9.17, 15) is 9.18 Å². The number of hydrogen-bond acceptors (Lipinski definition) is 2. The van der Waals surface area contributed by atoms with Crippen LogP contribution in [0.1, 0.15) is 25.0 Å². The molecule has 0 aromatic heterocycles. The minimum absolute atomic E-state index is 0.0280. The quantitative estimate of drug-likeness (QED) is 0.841. The summed E-state index contributed by atoms with van der Waals surface area (Å²) in [4.78, 5) is 11.6. The van der Waals surface area contributed by atoms with E-state index in [1.54, 1.807) is 13.1 Å². The summed E-state index contributed by atoms with van der Waals surface area (Å²) >= 11 is 0. The molecule has 0 aliphatic heterocycles. The minimum Gasteiger partial charge on any atom is -0.359 e. The molecular formula is C14H21FN2O. The summed E-state index contributed by atoms with van der Waals surface area (Å²) in [5.74, 6) is -0.245. The third-order valence-electron chi connectivity index (χ3n) is 2.93. The van der Waals surface area contributed by atoms with E-state index < -0.39 is 5.41 Å². The van der Waals surface area contributed by atoms with Crippen LogP contribution in [0.15, 0.2) is 18.2 Å². The molecule has 1 aromatic carbocycles. The Bertz CT molecular complexity index is 430. The van der Waals surface area contributed by atoms with E-state index in [2.05, 4.69) is 10.6 Å². The van der Waals surface area contributed by atoms with E-state index in [0.717, 1.165) is 5.56 Å². The number of benzene rings is 1. The first kappa shape index (κ1) is 14.6. The molecule has 1 amide bonds. The van der Waals surface area contributed by atoms with E-state index in [0.29, 0.717) is 18.7 Å². The van der Waals surface area contributed by atoms with E-state index in [1.807, 2.05) is 26.8 Å². The lowest BCUT2D eigenvalue weighted by atomic mass is 9.92. The number of hydrogen-bond donors (Lipinski definition) is 2. The van der Waals surface area contributed by atoms with Gasteiger partial charge in [0.15, 0.2) is 0 Å². The summed E-state index contributed by atoms with van der Waals surface area (Å²) in [5, 5.41) is 5.75. The highest BCUT2D eigenvalue weighted by Crippen LogP contribution is 2.14. The van der Waals surface area contributed by atoms with Crippen LogP contribution >= 0.6 is 0 Å². The molecule has 0 bridgehead atoms. The van der Waals surface area contributed by atoms with Crippen LogP contribution < -0.4 is 10.6 Å². The van der Waals surface area contributed by atoms with E-state index in [1.165, 1.54) is 6.07 Å². The number of nitrogens with one attached hydrogen (secondary N) is 2. The van der Waals surface area contributed by atoms with Gasteiger partial charge in [-0.05, 0) is 26.8 Å². The largest absolute Gasteiger partial charge is 0.359 e. The van der Waals surface area contributed by atoms with Crippen molar-refractivity contribution in [1.82, 2.24) is 10.6 Å². The molecule has 1 aromatic rings. The summed E-state index contributed by atoms with van der Waals surface area (Å²) in [7, 11) is 1.62. The first-order chi connectivity index (χ1) is 8.36. The molecule has 2 N–H and O–H groups in total. The van der Waals surface area contributed by atoms with Crippen molar-refractivity contribution in [3.63, 3.8) is 0 Å². The van der Waals surface area contributed by atoms with Crippen LogP contribution in [0.4, 0.5) is 4.39 Å². The van der Waals surface area contributed by atoms with Gasteiger partial charge in [-0.2, -0.15) is 0 Å². The summed E-state index contributed by atoms with van der Waals surface area (Å²) in [6.07, 6.45) is 0. The molecule has 1 rings (SSSR count). The van der Waals surface area contributed by atoms with Crippen molar-refractivity contribution in [3.8, 4) is 0 Å². The molecule has 0 fully saturated rings. The van der Waals surface area contributed by atoms with Gasteiger partial charge in [0.1, 0.15) is 5.82 Å². The average Bonchev–Trinajstić information content (AvgIpc) is 2.32. The smallest absolute Gasteiger partial charge is 0.226 e. The van der Waals surface area contributed by atoms with E-state index >= 15 is 0 Å². The fourth-order valence-corrected chi connectivity index (χ4v) is 1.77. The monoisotopic (exact) mass is 252 g/mol. The molecule has 0 saturated heterocycles. The molecule has 3 nitrogen and oxygen atoms in total. The fraction of sp³-hybridized carbons (Fsp3) is 0.500. The van der Waals surface area contributed by atoms with Gasteiger partial charge in [-0.3, -0.25) is 4.79 Å². The van der Waals surface area contributed by atoms with Gasteiger partial charge in [-0.15, -0.1) is 0 Å². The number of amides is 1. The summed E-state index contributed by atoms with van der Waals surface area (Å²) in [6.45, 7) is 6.56. The highest BCUT2D eigenvalue weighted by molar-refractivity contribution is 5.81. The van der Waals surface area contributed by atoms with Crippen LogP contribution in [0.2, 0.25) is 0 Å². The Balaban J connectivity index is 2.56. The van der Waals surface area contributed by atoms with Gasteiger partial charge >= 0.3 is 0 Å². The van der Waals surface area contributed by atoms with Crippen molar-refractivity contribution in [3.05, 3.63) is 35.1 Å². The first-order valence-corrected chi connectivity index (χ1v) is 6.05. The molecule has 18 heavy (non-hydrogen) atoms. The maximum atomic E-state index is 13.5. The second-order valence-corrected chi connectivity index (χ2v) is 5.16. The van der Waals surface area contributed by atoms with Gasteiger partial charge in [-0.25, -0.2) is 4.39 Å². The second-order valence-electron chi connectivity index (χ2n) is 5.16. The Kier molecular flexibility index (Phi) is 4.84. The second kappa shape index (κ2) is 5.96. The van der Waals surface area contributed by atoms with Gasteiger partial charge in [0.2, 0.25) is 5.91 Å². The molecule has 0 atom stereocenters. The lowest BCUT2D eigenvalue weighted by Crippen LogP contribution is -2.41. The Morgan fingerprint density at radius 1 is 1.39 bits per heavy atom. The van der Waals surface area contributed by atoms with Crippen molar-refractivity contribution < 1.29 is 9.18 Å². The zero-order chi connectivity index (χ0) is 13.8. The van der Waals surface area contributed by atoms with Gasteiger partial charge in [0.25, 0.3) is 0 Å². The van der Waals surface area contributed by atoms with Gasteiger partial charge in [0.05, 0.1) is 5.41 Å². The topological polar surface area (TPSA) is 41.1 Å². The zero-order valence-corrected chi connectivity index (χ0v) is 11.4. The third-order valence-corrected chi connectivity index (χ3v) is 2.93. The normalized spacial score (nSPS) is 11.4. The Hall–Kier alpha value is -1.42. The molecule has 4 heteroatoms. The van der Waals surface area contributed by atoms with Crippen molar-refractivity contribution in [2.24, 2.45) is 5.41 Å². The lowest BCUT2D eigenvalue weighted by molar-refractivity contribution is -0.128. The standard InChI is InChI=1S/C14H21FN2O/c1-10-5-6-12(15)11(7-10)8-17-9-14(2,3)13(18)16-4/h5-7,17H,8-9H2,1-4H3,(H,16,18). The van der Waals surface area contributed by atoms with Gasteiger partial charge < -0.3 is 10.6 Å². The number of carbonyl (C=O) groups is 1. The molecular weight excluding hydrogens is 231 g/mol. The number of carbonyl (C=O) groups excluding carboxylic acids is 1. The van der Waals surface area contributed by atoms with Gasteiger partial charge in [-0.1, -0.05) is 17.7 Å². The Morgan fingerprint density at radius 3 is 2.67 bits per heavy atom. The van der Waals surface area contributed by atoms with Crippen LogP contribution in [-0.4, -0.2) is 19.5 Å². The minimum atomic E-state index is -0.505. The van der Waals surface area contributed by atoms with E-state index in [4.69, 9.17) is 0 Å². The van der Waals surface area contributed by atoms with Crippen LogP contribution in [-0.2, 0) is 11.3 Å². The van der Waals surface area contributed by atoms with Crippen molar-refractivity contribution >= 4 is 5.91 Å². The molecule has 0 aliphatic carbocycles. The maximum absolute atomic E-state index is 13.5. The van der Waals surface area contributed by atoms with Crippen molar-refractivity contribution in [2.75, 3.05) is 13.6 Å². The SMILES string of the molecule is CNC(=O)C(C)(C)CNCc1cc(C)ccc1F. The molecule has 0 heterocycles. The maximum Gasteiger partial charge on any atom is 0.226 e. The molecule has 0 spiro atoms. The van der Waals surface area contributed by atoms with Crippen LogP contribution in [0, 0.1) is 18.2 Å². The predicted octanol–water partition coefficient (Wildman–Crippen LogP) is 2.00. The average molecular weight is 252 g/mol.